The second-order valence-electron chi connectivity index (χ2n) is 1.78. The van der Waals surface area contributed by atoms with Gasteiger partial charge in [-0.25, -0.2) is 4.79 Å². The molecule has 0 aliphatic rings. The standard InChI is InChI=1S/C6H7Cl2NO4/c1-12-6(11)3(9-13-2)4(10)5(7)8/h5H,1-2H3. The van der Waals surface area contributed by atoms with Crippen molar-refractivity contribution in [2.24, 2.45) is 5.16 Å². The van der Waals surface area contributed by atoms with E-state index in [1.807, 2.05) is 0 Å². The van der Waals surface area contributed by atoms with E-state index in [1.54, 1.807) is 0 Å². The quantitative estimate of drug-likeness (QED) is 0.231. The van der Waals surface area contributed by atoms with Crippen LogP contribution in [0.3, 0.4) is 0 Å². The van der Waals surface area contributed by atoms with Crippen LogP contribution >= 0.6 is 23.2 Å². The highest BCUT2D eigenvalue weighted by atomic mass is 35.5. The molecular formula is C6H7Cl2NO4. The predicted octanol–water partition coefficient (Wildman–Crippen LogP) is 0.535. The lowest BCUT2D eigenvalue weighted by Crippen LogP contribution is -2.29. The minimum atomic E-state index is -1.37. The van der Waals surface area contributed by atoms with Crippen molar-refractivity contribution in [2.75, 3.05) is 14.2 Å². The van der Waals surface area contributed by atoms with Crippen molar-refractivity contribution in [2.45, 2.75) is 4.84 Å². The summed E-state index contributed by atoms with van der Waals surface area (Å²) in [5.74, 6) is -1.81. The maximum Gasteiger partial charge on any atom is 0.364 e. The molecule has 0 spiro atoms. The molecule has 0 rings (SSSR count). The molecule has 0 amide bonds. The van der Waals surface area contributed by atoms with Gasteiger partial charge >= 0.3 is 5.97 Å². The second kappa shape index (κ2) is 5.77. The zero-order valence-corrected chi connectivity index (χ0v) is 8.43. The molecule has 0 aliphatic heterocycles. The summed E-state index contributed by atoms with van der Waals surface area (Å²) in [6.07, 6.45) is 0. The van der Waals surface area contributed by atoms with Gasteiger partial charge in [0.1, 0.15) is 7.11 Å². The average Bonchev–Trinajstić information content (AvgIpc) is 2.11. The molecule has 0 atom stereocenters. The van der Waals surface area contributed by atoms with E-state index in [0.717, 1.165) is 7.11 Å². The molecule has 13 heavy (non-hydrogen) atoms. The van der Waals surface area contributed by atoms with Crippen LogP contribution in [0.15, 0.2) is 5.16 Å². The third-order valence-corrected chi connectivity index (χ3v) is 1.39. The molecule has 5 nitrogen and oxygen atoms in total. The van der Waals surface area contributed by atoms with Crippen molar-refractivity contribution in [1.29, 1.82) is 0 Å². The summed E-state index contributed by atoms with van der Waals surface area (Å²) >= 11 is 10.5. The van der Waals surface area contributed by atoms with E-state index in [0.29, 0.717) is 0 Å². The first-order valence-electron chi connectivity index (χ1n) is 3.06. The zero-order chi connectivity index (χ0) is 10.4. The van der Waals surface area contributed by atoms with Gasteiger partial charge in [0, 0.05) is 0 Å². The number of methoxy groups -OCH3 is 1. The van der Waals surface area contributed by atoms with E-state index in [9.17, 15) is 9.59 Å². The lowest BCUT2D eigenvalue weighted by molar-refractivity contribution is -0.133. The lowest BCUT2D eigenvalue weighted by Gasteiger charge is -2.02. The summed E-state index contributed by atoms with van der Waals surface area (Å²) in [5.41, 5.74) is -0.569. The zero-order valence-electron chi connectivity index (χ0n) is 6.91. The summed E-state index contributed by atoms with van der Waals surface area (Å²) in [5, 5.41) is 3.14. The number of Topliss-reactive ketones (excluding diaryl/α,β-unsaturated/α-hetero) is 1. The van der Waals surface area contributed by atoms with Gasteiger partial charge in [-0.2, -0.15) is 0 Å². The molecule has 0 N–H and O–H groups in total. The smallest absolute Gasteiger partial charge is 0.364 e. The maximum absolute atomic E-state index is 11.1. The topological polar surface area (TPSA) is 65.0 Å². The van der Waals surface area contributed by atoms with Crippen molar-refractivity contribution >= 4 is 40.7 Å². The molecule has 0 heterocycles. The monoisotopic (exact) mass is 227 g/mol. The first kappa shape index (κ1) is 12.2. The predicted molar refractivity (Wildman–Crippen MR) is 47.0 cm³/mol. The van der Waals surface area contributed by atoms with Crippen molar-refractivity contribution in [3.63, 3.8) is 0 Å². The number of hydrogen-bond acceptors (Lipinski definition) is 5. The van der Waals surface area contributed by atoms with E-state index in [-0.39, 0.29) is 0 Å². The molecule has 0 aliphatic carbocycles. The summed E-state index contributed by atoms with van der Waals surface area (Å²) in [4.78, 5) is 24.8. The Balaban J connectivity index is 4.72. The highest BCUT2D eigenvalue weighted by Gasteiger charge is 2.27. The number of nitrogens with zero attached hydrogens (tertiary/aromatic N) is 1. The molecule has 0 fully saturated rings. The molecule has 0 saturated heterocycles. The molecule has 0 bridgehead atoms. The number of halogens is 2. The summed E-state index contributed by atoms with van der Waals surface area (Å²) in [6, 6.07) is 0. The Hall–Kier alpha value is -0.810. The minimum Gasteiger partial charge on any atom is -0.464 e. The highest BCUT2D eigenvalue weighted by molar-refractivity contribution is 6.74. The molecule has 7 heteroatoms. The molecule has 0 saturated carbocycles. The number of alkyl halides is 2. The number of esters is 1. The second-order valence-corrected chi connectivity index (χ2v) is 2.88. The minimum absolute atomic E-state index is 0.569. The molecule has 0 aromatic heterocycles. The Bertz CT molecular complexity index is 239. The molecular weight excluding hydrogens is 221 g/mol. The largest absolute Gasteiger partial charge is 0.464 e. The Labute approximate surface area is 84.6 Å². The number of oxime groups is 1. The number of carbonyl (C=O) groups is 2. The van der Waals surface area contributed by atoms with Crippen LogP contribution in [0.1, 0.15) is 0 Å². The van der Waals surface area contributed by atoms with Crippen molar-refractivity contribution in [3.8, 4) is 0 Å². The number of hydrogen-bond donors (Lipinski definition) is 0. The number of ether oxygens (including phenoxy) is 1. The number of carbonyl (C=O) groups excluding carboxylic acids is 2. The van der Waals surface area contributed by atoms with E-state index in [1.165, 1.54) is 7.11 Å². The first-order valence-corrected chi connectivity index (χ1v) is 3.93. The van der Waals surface area contributed by atoms with Crippen molar-refractivity contribution in [3.05, 3.63) is 0 Å². The fraction of sp³-hybridized carbons (Fsp3) is 0.500. The van der Waals surface area contributed by atoms with Gasteiger partial charge in [0.25, 0.3) is 0 Å². The van der Waals surface area contributed by atoms with E-state index < -0.39 is 22.3 Å². The Morgan fingerprint density at radius 1 is 1.31 bits per heavy atom. The third-order valence-electron chi connectivity index (χ3n) is 0.993. The third kappa shape index (κ3) is 3.61. The van der Waals surface area contributed by atoms with Crippen molar-refractivity contribution < 1.29 is 19.2 Å². The number of rotatable bonds is 4. The Morgan fingerprint density at radius 2 is 1.85 bits per heavy atom. The molecule has 0 aromatic rings. The normalized spacial score (nSPS) is 11.3. The fourth-order valence-corrected chi connectivity index (χ4v) is 0.681. The van der Waals surface area contributed by atoms with Crippen LogP contribution in [0.25, 0.3) is 0 Å². The van der Waals surface area contributed by atoms with Crippen LogP contribution in [0, 0.1) is 0 Å². The lowest BCUT2D eigenvalue weighted by atomic mass is 10.3. The molecule has 74 valence electrons. The van der Waals surface area contributed by atoms with Gasteiger partial charge in [0.15, 0.2) is 4.84 Å². The van der Waals surface area contributed by atoms with Gasteiger partial charge in [-0.1, -0.05) is 28.4 Å². The van der Waals surface area contributed by atoms with Gasteiger partial charge < -0.3 is 9.57 Å². The highest BCUT2D eigenvalue weighted by Crippen LogP contribution is 2.05. The molecule has 0 radical (unpaired) electrons. The van der Waals surface area contributed by atoms with Gasteiger partial charge in [-0.3, -0.25) is 4.79 Å². The Morgan fingerprint density at radius 3 is 2.15 bits per heavy atom. The van der Waals surface area contributed by atoms with Gasteiger partial charge in [-0.05, 0) is 0 Å². The summed E-state index contributed by atoms with van der Waals surface area (Å²) < 4.78 is 4.25. The maximum atomic E-state index is 11.1. The van der Waals surface area contributed by atoms with E-state index in [2.05, 4.69) is 14.7 Å². The van der Waals surface area contributed by atoms with Crippen LogP contribution in [0.4, 0.5) is 0 Å². The summed E-state index contributed by atoms with van der Waals surface area (Å²) in [6.45, 7) is 0. The van der Waals surface area contributed by atoms with Crippen LogP contribution in [0.2, 0.25) is 0 Å². The van der Waals surface area contributed by atoms with Crippen LogP contribution in [-0.2, 0) is 19.2 Å². The Kier molecular flexibility index (Phi) is 5.41. The van der Waals surface area contributed by atoms with Gasteiger partial charge in [0.2, 0.25) is 11.5 Å². The first-order chi connectivity index (χ1) is 6.04. The number of ketones is 1. The van der Waals surface area contributed by atoms with E-state index >= 15 is 0 Å². The summed E-state index contributed by atoms with van der Waals surface area (Å²) in [7, 11) is 2.27. The molecule has 0 unspecified atom stereocenters. The van der Waals surface area contributed by atoms with Crippen LogP contribution < -0.4 is 0 Å². The van der Waals surface area contributed by atoms with Crippen molar-refractivity contribution in [1.82, 2.24) is 0 Å². The molecule has 0 aromatic carbocycles. The van der Waals surface area contributed by atoms with Crippen LogP contribution in [0.5, 0.6) is 0 Å². The van der Waals surface area contributed by atoms with Gasteiger partial charge in [0.05, 0.1) is 7.11 Å². The fourth-order valence-electron chi connectivity index (χ4n) is 0.474. The SMILES string of the molecule is CON=C(C(=O)OC)C(=O)C(Cl)Cl. The average molecular weight is 228 g/mol. The van der Waals surface area contributed by atoms with E-state index in [4.69, 9.17) is 23.2 Å². The van der Waals surface area contributed by atoms with Gasteiger partial charge in [-0.15, -0.1) is 0 Å². The van der Waals surface area contributed by atoms with Crippen LogP contribution in [-0.4, -0.2) is 36.5 Å².